The van der Waals surface area contributed by atoms with E-state index in [1.807, 2.05) is 36.4 Å². The lowest BCUT2D eigenvalue weighted by Crippen LogP contribution is -2.17. The molecule has 0 bridgehead atoms. The summed E-state index contributed by atoms with van der Waals surface area (Å²) in [6.07, 6.45) is 0. The normalized spacial score (nSPS) is 10.7. The van der Waals surface area contributed by atoms with Crippen LogP contribution in [-0.4, -0.2) is 33.6 Å². The van der Waals surface area contributed by atoms with Crippen molar-refractivity contribution >= 4 is 71.1 Å². The molecule has 0 saturated heterocycles. The fourth-order valence-electron chi connectivity index (χ4n) is 2.30. The third-order valence-electron chi connectivity index (χ3n) is 3.60. The summed E-state index contributed by atoms with van der Waals surface area (Å²) < 4.78 is 8.98. The fourth-order valence-corrected chi connectivity index (χ4v) is 5.42. The number of benzene rings is 2. The SMILES string of the molecule is COc1cccc(-c2nnc(SCC(=O)Nc3c(Br)cc(Br)cc3Br)n2N)c1. The van der Waals surface area contributed by atoms with Crippen LogP contribution in [0.15, 0.2) is 55.0 Å². The van der Waals surface area contributed by atoms with Gasteiger partial charge in [-0.05, 0) is 56.1 Å². The first kappa shape index (κ1) is 21.2. The lowest BCUT2D eigenvalue weighted by atomic mass is 10.2. The minimum atomic E-state index is -0.195. The van der Waals surface area contributed by atoms with E-state index in [-0.39, 0.29) is 11.7 Å². The van der Waals surface area contributed by atoms with E-state index in [4.69, 9.17) is 10.6 Å². The first-order valence-electron chi connectivity index (χ1n) is 7.81. The van der Waals surface area contributed by atoms with Gasteiger partial charge in [-0.25, -0.2) is 4.68 Å². The van der Waals surface area contributed by atoms with Gasteiger partial charge in [-0.15, -0.1) is 10.2 Å². The Kier molecular flexibility index (Phi) is 7.02. The number of methoxy groups -OCH3 is 1. The molecular weight excluding hydrogens is 578 g/mol. The van der Waals surface area contributed by atoms with Crippen LogP contribution in [0.5, 0.6) is 5.75 Å². The highest BCUT2D eigenvalue weighted by Crippen LogP contribution is 2.34. The monoisotopic (exact) mass is 589 g/mol. The summed E-state index contributed by atoms with van der Waals surface area (Å²) in [6.45, 7) is 0. The summed E-state index contributed by atoms with van der Waals surface area (Å²) in [7, 11) is 1.59. The maximum Gasteiger partial charge on any atom is 0.234 e. The number of ether oxygens (including phenoxy) is 1. The highest BCUT2D eigenvalue weighted by molar-refractivity contribution is 9.11. The first-order chi connectivity index (χ1) is 13.4. The summed E-state index contributed by atoms with van der Waals surface area (Å²) in [4.78, 5) is 12.3. The topological polar surface area (TPSA) is 95.1 Å². The number of nitrogens with one attached hydrogen (secondary N) is 1. The molecule has 0 radical (unpaired) electrons. The number of nitrogens with zero attached hydrogens (tertiary/aromatic N) is 3. The Morgan fingerprint density at radius 1 is 1.21 bits per heavy atom. The van der Waals surface area contributed by atoms with Gasteiger partial charge in [-0.3, -0.25) is 4.79 Å². The van der Waals surface area contributed by atoms with Gasteiger partial charge in [-0.2, -0.15) is 0 Å². The Morgan fingerprint density at radius 2 is 1.93 bits per heavy atom. The molecule has 3 N–H and O–H groups in total. The van der Waals surface area contributed by atoms with Crippen molar-refractivity contribution in [2.45, 2.75) is 5.16 Å². The van der Waals surface area contributed by atoms with Crippen molar-refractivity contribution in [3.8, 4) is 17.1 Å². The number of amides is 1. The predicted molar refractivity (Wildman–Crippen MR) is 121 cm³/mol. The van der Waals surface area contributed by atoms with Crippen LogP contribution in [0.1, 0.15) is 0 Å². The van der Waals surface area contributed by atoms with Crippen LogP contribution in [0.25, 0.3) is 11.4 Å². The molecular formula is C17H14Br3N5O2S. The number of nitrogen functional groups attached to an aromatic ring is 1. The summed E-state index contributed by atoms with van der Waals surface area (Å²) in [5.74, 6) is 7.22. The second kappa shape index (κ2) is 9.29. The second-order valence-corrected chi connectivity index (χ2v) is 9.06. The largest absolute Gasteiger partial charge is 0.497 e. The van der Waals surface area contributed by atoms with E-state index < -0.39 is 0 Å². The predicted octanol–water partition coefficient (Wildman–Crippen LogP) is 4.69. The highest BCUT2D eigenvalue weighted by atomic mass is 79.9. The molecule has 0 spiro atoms. The molecule has 146 valence electrons. The minimum Gasteiger partial charge on any atom is -0.497 e. The molecule has 0 aliphatic rings. The Morgan fingerprint density at radius 3 is 2.61 bits per heavy atom. The quantitative estimate of drug-likeness (QED) is 0.319. The summed E-state index contributed by atoms with van der Waals surface area (Å²) >= 11 is 11.5. The van der Waals surface area contributed by atoms with Crippen molar-refractivity contribution in [3.63, 3.8) is 0 Å². The molecule has 0 aliphatic carbocycles. The Labute approximate surface area is 190 Å². The van der Waals surface area contributed by atoms with Gasteiger partial charge in [0.05, 0.1) is 18.6 Å². The number of carbonyl (C=O) groups excluding carboxylic acids is 1. The highest BCUT2D eigenvalue weighted by Gasteiger charge is 2.16. The molecule has 0 unspecified atom stereocenters. The lowest BCUT2D eigenvalue weighted by molar-refractivity contribution is -0.113. The molecule has 1 heterocycles. The number of thioether (sulfide) groups is 1. The van der Waals surface area contributed by atoms with Gasteiger partial charge in [0, 0.05) is 19.0 Å². The van der Waals surface area contributed by atoms with Gasteiger partial charge >= 0.3 is 0 Å². The average molecular weight is 592 g/mol. The molecule has 28 heavy (non-hydrogen) atoms. The van der Waals surface area contributed by atoms with Crippen molar-refractivity contribution < 1.29 is 9.53 Å². The molecule has 1 aromatic heterocycles. The van der Waals surface area contributed by atoms with Crippen LogP contribution in [0.4, 0.5) is 5.69 Å². The maximum absolute atomic E-state index is 12.3. The van der Waals surface area contributed by atoms with Crippen LogP contribution < -0.4 is 15.9 Å². The van der Waals surface area contributed by atoms with Crippen LogP contribution >= 0.6 is 59.6 Å². The molecule has 7 nitrogen and oxygen atoms in total. The van der Waals surface area contributed by atoms with E-state index >= 15 is 0 Å². The van der Waals surface area contributed by atoms with E-state index in [1.54, 1.807) is 7.11 Å². The molecule has 11 heteroatoms. The molecule has 3 aromatic rings. The zero-order chi connectivity index (χ0) is 20.3. The number of hydrogen-bond donors (Lipinski definition) is 2. The number of rotatable bonds is 6. The van der Waals surface area contributed by atoms with Crippen molar-refractivity contribution in [1.82, 2.24) is 14.9 Å². The zero-order valence-electron chi connectivity index (χ0n) is 14.4. The molecule has 0 fully saturated rings. The van der Waals surface area contributed by atoms with Gasteiger partial charge in [0.25, 0.3) is 0 Å². The maximum atomic E-state index is 12.3. The average Bonchev–Trinajstić information content (AvgIpc) is 3.03. The Balaban J connectivity index is 1.68. The van der Waals surface area contributed by atoms with E-state index in [0.29, 0.717) is 22.4 Å². The van der Waals surface area contributed by atoms with Crippen molar-refractivity contribution in [2.75, 3.05) is 24.0 Å². The third kappa shape index (κ3) is 4.88. The van der Waals surface area contributed by atoms with Crippen LogP contribution in [0.2, 0.25) is 0 Å². The Bertz CT molecular complexity index is 1000. The van der Waals surface area contributed by atoms with Gasteiger partial charge in [0.2, 0.25) is 11.1 Å². The molecule has 0 aliphatic heterocycles. The van der Waals surface area contributed by atoms with Crippen molar-refractivity contribution in [3.05, 3.63) is 49.8 Å². The molecule has 0 saturated carbocycles. The molecule has 0 atom stereocenters. The van der Waals surface area contributed by atoms with Crippen LogP contribution in [0, 0.1) is 0 Å². The number of nitrogens with two attached hydrogens (primary N) is 1. The number of carbonyl (C=O) groups is 1. The number of halogens is 3. The Hall–Kier alpha value is -1.56. The summed E-state index contributed by atoms with van der Waals surface area (Å²) in [5.41, 5.74) is 1.42. The van der Waals surface area contributed by atoms with Crippen LogP contribution in [0.3, 0.4) is 0 Å². The van der Waals surface area contributed by atoms with Crippen molar-refractivity contribution in [2.24, 2.45) is 0 Å². The summed E-state index contributed by atoms with van der Waals surface area (Å²) in [5, 5.41) is 11.5. The van der Waals surface area contributed by atoms with Gasteiger partial charge in [0.1, 0.15) is 5.75 Å². The van der Waals surface area contributed by atoms with E-state index in [2.05, 4.69) is 63.3 Å². The summed E-state index contributed by atoms with van der Waals surface area (Å²) in [6, 6.07) is 11.1. The van der Waals surface area contributed by atoms with E-state index in [0.717, 1.165) is 19.0 Å². The second-order valence-electron chi connectivity index (χ2n) is 5.49. The number of aromatic nitrogens is 3. The van der Waals surface area contributed by atoms with Gasteiger partial charge in [0.15, 0.2) is 5.82 Å². The molecule has 2 aromatic carbocycles. The fraction of sp³-hybridized carbons (Fsp3) is 0.118. The number of hydrogen-bond acceptors (Lipinski definition) is 6. The first-order valence-corrected chi connectivity index (χ1v) is 11.2. The standard InChI is InChI=1S/C17H14Br3N5O2S/c1-27-11-4-2-3-9(5-11)16-23-24-17(25(16)21)28-8-14(26)22-15-12(19)6-10(18)7-13(15)20/h2-7H,8,21H2,1H3,(H,22,26). The zero-order valence-corrected chi connectivity index (χ0v) is 20.0. The van der Waals surface area contributed by atoms with E-state index in [1.165, 1.54) is 16.4 Å². The van der Waals surface area contributed by atoms with Crippen LogP contribution in [-0.2, 0) is 4.79 Å². The lowest BCUT2D eigenvalue weighted by Gasteiger charge is -2.10. The number of anilines is 1. The third-order valence-corrected chi connectivity index (χ3v) is 6.25. The molecule has 1 amide bonds. The van der Waals surface area contributed by atoms with Crippen molar-refractivity contribution in [1.29, 1.82) is 0 Å². The van der Waals surface area contributed by atoms with E-state index in [9.17, 15) is 4.79 Å². The minimum absolute atomic E-state index is 0.127. The van der Waals surface area contributed by atoms with Gasteiger partial charge < -0.3 is 15.9 Å². The molecule has 3 rings (SSSR count). The smallest absolute Gasteiger partial charge is 0.234 e. The van der Waals surface area contributed by atoms with Gasteiger partial charge in [-0.1, -0.05) is 39.8 Å².